The van der Waals surface area contributed by atoms with Gasteiger partial charge in [-0.1, -0.05) is 57.0 Å². The van der Waals surface area contributed by atoms with Crippen molar-refractivity contribution in [3.63, 3.8) is 0 Å². The topological polar surface area (TPSA) is 93.1 Å². The third kappa shape index (κ3) is 6.44. The lowest BCUT2D eigenvalue weighted by molar-refractivity contribution is -0.138. The van der Waals surface area contributed by atoms with Crippen molar-refractivity contribution < 1.29 is 29.0 Å². The number of hydrogen-bond acceptors (Lipinski definition) is 6. The summed E-state index contributed by atoms with van der Waals surface area (Å²) in [5, 5.41) is 10.9. The van der Waals surface area contributed by atoms with Gasteiger partial charge in [0.05, 0.1) is 11.1 Å². The molecular formula is C34H36BrCl2NO6. The Hall–Kier alpha value is -2.81. The third-order valence-electron chi connectivity index (χ3n) is 8.37. The smallest absolute Gasteiger partial charge is 0.323 e. The number of Topliss-reactive ketones (excluding diaryl/α,β-unsaturated/α-hetero) is 2. The summed E-state index contributed by atoms with van der Waals surface area (Å²) < 4.78 is 12.9. The molecule has 234 valence electrons. The van der Waals surface area contributed by atoms with Crippen molar-refractivity contribution in [3.8, 4) is 11.5 Å². The monoisotopic (exact) mass is 703 g/mol. The van der Waals surface area contributed by atoms with E-state index in [9.17, 15) is 19.5 Å². The first-order valence-electron chi connectivity index (χ1n) is 14.7. The molecule has 0 saturated heterocycles. The second kappa shape index (κ2) is 12.2. The molecule has 2 aromatic rings. The maximum atomic E-state index is 14.0. The van der Waals surface area contributed by atoms with Crippen LogP contribution in [0.3, 0.4) is 0 Å². The second-order valence-corrected chi connectivity index (χ2v) is 15.0. The lowest BCUT2D eigenvalue weighted by Crippen LogP contribution is -2.45. The van der Waals surface area contributed by atoms with E-state index in [1.54, 1.807) is 23.1 Å². The molecule has 0 saturated carbocycles. The number of aliphatic carboxylic acids is 1. The van der Waals surface area contributed by atoms with E-state index < -0.39 is 11.9 Å². The normalized spacial score (nSPS) is 19.6. The van der Waals surface area contributed by atoms with Crippen LogP contribution in [0.4, 0.5) is 0 Å². The van der Waals surface area contributed by atoms with Gasteiger partial charge in [-0.2, -0.15) is 0 Å². The van der Waals surface area contributed by atoms with Crippen LogP contribution in [-0.4, -0.2) is 40.7 Å². The number of nitrogens with zero attached hydrogens (tertiary/aromatic N) is 1. The number of benzene rings is 2. The molecular weight excluding hydrogens is 669 g/mol. The molecule has 10 heteroatoms. The van der Waals surface area contributed by atoms with Gasteiger partial charge in [-0.15, -0.1) is 0 Å². The molecule has 1 heterocycles. The van der Waals surface area contributed by atoms with Crippen LogP contribution in [0.1, 0.15) is 77.3 Å². The molecule has 7 nitrogen and oxygen atoms in total. The summed E-state index contributed by atoms with van der Waals surface area (Å²) in [5.74, 6) is -0.919. The molecule has 0 radical (unpaired) electrons. The number of allylic oxidation sites excluding steroid dienone is 4. The second-order valence-electron chi connectivity index (χ2n) is 13.3. The number of carbonyl (C=O) groups is 3. The number of carboxylic acids is 1. The Morgan fingerprint density at radius 2 is 1.55 bits per heavy atom. The Bertz CT molecular complexity index is 1570. The van der Waals surface area contributed by atoms with Gasteiger partial charge < -0.3 is 19.5 Å². The van der Waals surface area contributed by atoms with Gasteiger partial charge in [0.1, 0.15) is 13.2 Å². The van der Waals surface area contributed by atoms with Crippen LogP contribution in [0.2, 0.25) is 10.0 Å². The van der Waals surface area contributed by atoms with Crippen molar-refractivity contribution in [2.75, 3.05) is 13.2 Å². The Kier molecular flexibility index (Phi) is 9.02. The zero-order valence-electron chi connectivity index (χ0n) is 25.5. The zero-order valence-corrected chi connectivity index (χ0v) is 28.6. The predicted octanol–water partition coefficient (Wildman–Crippen LogP) is 8.50. The largest absolute Gasteiger partial charge is 0.490 e. The Balaban J connectivity index is 1.68. The van der Waals surface area contributed by atoms with Gasteiger partial charge >= 0.3 is 5.97 Å². The summed E-state index contributed by atoms with van der Waals surface area (Å²) in [5.41, 5.74) is 3.10. The Morgan fingerprint density at radius 3 is 2.07 bits per heavy atom. The molecule has 0 fully saturated rings. The van der Waals surface area contributed by atoms with Gasteiger partial charge in [0.25, 0.3) is 0 Å². The average molecular weight is 705 g/mol. The molecule has 0 amide bonds. The predicted molar refractivity (Wildman–Crippen MR) is 173 cm³/mol. The van der Waals surface area contributed by atoms with Crippen molar-refractivity contribution in [2.45, 2.75) is 72.8 Å². The highest BCUT2D eigenvalue weighted by Crippen LogP contribution is 2.55. The summed E-state index contributed by atoms with van der Waals surface area (Å²) in [7, 11) is 0. The van der Waals surface area contributed by atoms with E-state index in [4.69, 9.17) is 32.7 Å². The van der Waals surface area contributed by atoms with E-state index in [2.05, 4.69) is 15.9 Å². The zero-order chi connectivity index (χ0) is 32.1. The minimum atomic E-state index is -1.02. The highest BCUT2D eigenvalue weighted by Gasteiger charge is 2.49. The van der Waals surface area contributed by atoms with E-state index in [1.807, 2.05) is 46.8 Å². The number of hydrogen-bond donors (Lipinski definition) is 1. The summed E-state index contributed by atoms with van der Waals surface area (Å²) in [6.07, 6.45) is 1.64. The first-order chi connectivity index (χ1) is 20.6. The maximum absolute atomic E-state index is 14.0. The number of ketones is 2. The summed E-state index contributed by atoms with van der Waals surface area (Å²) in [4.78, 5) is 41.9. The van der Waals surface area contributed by atoms with Crippen molar-refractivity contribution in [3.05, 3.63) is 78.5 Å². The van der Waals surface area contributed by atoms with Gasteiger partial charge in [0.2, 0.25) is 0 Å². The molecule has 0 atom stereocenters. The van der Waals surface area contributed by atoms with Crippen LogP contribution in [0.15, 0.2) is 57.3 Å². The maximum Gasteiger partial charge on any atom is 0.323 e. The van der Waals surface area contributed by atoms with E-state index in [1.165, 1.54) is 0 Å². The fraction of sp³-hybridized carbons (Fsp3) is 0.441. The van der Waals surface area contributed by atoms with Crippen LogP contribution in [-0.2, 0) is 21.0 Å². The minimum absolute atomic E-state index is 0.0763. The van der Waals surface area contributed by atoms with Gasteiger partial charge in [0, 0.05) is 56.9 Å². The molecule has 0 bridgehead atoms. The van der Waals surface area contributed by atoms with Crippen LogP contribution >= 0.6 is 39.1 Å². The van der Waals surface area contributed by atoms with Gasteiger partial charge in [0.15, 0.2) is 23.1 Å². The first-order valence-corrected chi connectivity index (χ1v) is 16.2. The molecule has 44 heavy (non-hydrogen) atoms. The fourth-order valence-corrected chi connectivity index (χ4v) is 7.69. The molecule has 2 aromatic carbocycles. The number of carbonyl (C=O) groups excluding carboxylic acids is 2. The fourth-order valence-electron chi connectivity index (χ4n) is 6.65. The minimum Gasteiger partial charge on any atom is -0.490 e. The highest BCUT2D eigenvalue weighted by molar-refractivity contribution is 9.10. The molecule has 0 unspecified atom stereocenters. The lowest BCUT2D eigenvalue weighted by atomic mass is 9.63. The van der Waals surface area contributed by atoms with E-state index in [0.29, 0.717) is 86.4 Å². The van der Waals surface area contributed by atoms with E-state index >= 15 is 0 Å². The van der Waals surface area contributed by atoms with Gasteiger partial charge in [-0.3, -0.25) is 14.4 Å². The third-order valence-corrected chi connectivity index (χ3v) is 9.54. The number of ether oxygens (including phenoxy) is 2. The number of halogens is 3. The quantitative estimate of drug-likeness (QED) is 0.295. The summed E-state index contributed by atoms with van der Waals surface area (Å²) in [6, 6.07) is 8.90. The molecule has 0 spiro atoms. The van der Waals surface area contributed by atoms with Crippen molar-refractivity contribution >= 4 is 56.7 Å². The van der Waals surface area contributed by atoms with Crippen LogP contribution in [0, 0.1) is 10.8 Å². The Labute approximate surface area is 276 Å². The Morgan fingerprint density at radius 1 is 0.955 bits per heavy atom. The molecule has 3 aliphatic rings. The highest BCUT2D eigenvalue weighted by atomic mass is 79.9. The SMILES string of the molecule is CCOc1cc(C2C3=C(CC(C)(C)CC3=O)N(CC(=O)O)C3=C2C(=O)CC(C)(C)C3)cc(Br)c1OCc1ccc(Cl)cc1Cl. The number of rotatable bonds is 8. The van der Waals surface area contributed by atoms with Crippen LogP contribution in [0.25, 0.3) is 0 Å². The number of carboxylic acid groups (broad SMARTS) is 1. The van der Waals surface area contributed by atoms with E-state index in [-0.39, 0.29) is 35.5 Å². The van der Waals surface area contributed by atoms with Gasteiger partial charge in [-0.25, -0.2) is 0 Å². The molecule has 1 aliphatic heterocycles. The molecule has 0 aromatic heterocycles. The average Bonchev–Trinajstić information content (AvgIpc) is 2.88. The van der Waals surface area contributed by atoms with Gasteiger partial charge in [-0.05, 0) is 76.4 Å². The van der Waals surface area contributed by atoms with Crippen LogP contribution < -0.4 is 9.47 Å². The molecule has 2 aliphatic carbocycles. The lowest BCUT2D eigenvalue weighted by Gasteiger charge is -2.48. The van der Waals surface area contributed by atoms with E-state index in [0.717, 1.165) is 5.56 Å². The van der Waals surface area contributed by atoms with Crippen molar-refractivity contribution in [2.24, 2.45) is 10.8 Å². The molecule has 1 N–H and O–H groups in total. The summed E-state index contributed by atoms with van der Waals surface area (Å²) in [6.45, 7) is 10.1. The first kappa shape index (κ1) is 32.6. The standard InChI is InChI=1S/C34H36BrCl2NO6/c1-6-43-27-10-19(9-21(35)32(27)44-17-18-7-8-20(36)11-22(18)37)29-30-23(12-33(2,3)14-25(30)39)38(16-28(41)42)24-13-34(4,5)15-26(40)31(24)29/h7-11,29H,6,12-17H2,1-5H3,(H,41,42). The molecule has 5 rings (SSSR count). The van der Waals surface area contributed by atoms with Crippen molar-refractivity contribution in [1.82, 2.24) is 4.90 Å². The van der Waals surface area contributed by atoms with Crippen molar-refractivity contribution in [1.29, 1.82) is 0 Å². The summed E-state index contributed by atoms with van der Waals surface area (Å²) >= 11 is 16.1. The van der Waals surface area contributed by atoms with Crippen LogP contribution in [0.5, 0.6) is 11.5 Å².